The van der Waals surface area contributed by atoms with Gasteiger partial charge in [-0.2, -0.15) is 0 Å². The molecule has 1 heterocycles. The number of hydrogen-bond acceptors (Lipinski definition) is 3. The summed E-state index contributed by atoms with van der Waals surface area (Å²) in [6.07, 6.45) is 5.57. The zero-order valence-electron chi connectivity index (χ0n) is 14.0. The monoisotopic (exact) mass is 300 g/mol. The van der Waals surface area contributed by atoms with E-state index in [0.29, 0.717) is 11.7 Å². The summed E-state index contributed by atoms with van der Waals surface area (Å²) in [5, 5.41) is 0. The summed E-state index contributed by atoms with van der Waals surface area (Å²) in [5.41, 5.74) is 2.11. The maximum atomic E-state index is 13.0. The SMILES string of the molecule is Cc1coc2c1[C@@H](C(=O)C(C)C)[C@@]1(C)C(=CCC[C@@H]1C)C2=O. The molecule has 0 unspecified atom stereocenters. The molecule has 0 aromatic carbocycles. The second-order valence-corrected chi connectivity index (χ2v) is 7.36. The Hall–Kier alpha value is -1.64. The number of Topliss-reactive ketones (excluding diaryl/α,β-unsaturated/α-hetero) is 2. The number of hydrogen-bond donors (Lipinski definition) is 0. The van der Waals surface area contributed by atoms with E-state index in [4.69, 9.17) is 4.42 Å². The van der Waals surface area contributed by atoms with Gasteiger partial charge in [0.25, 0.3) is 0 Å². The first-order chi connectivity index (χ1) is 10.3. The second kappa shape index (κ2) is 4.94. The Bertz CT molecular complexity index is 677. The van der Waals surface area contributed by atoms with Gasteiger partial charge in [-0.05, 0) is 31.2 Å². The third kappa shape index (κ3) is 1.81. The largest absolute Gasteiger partial charge is 0.460 e. The van der Waals surface area contributed by atoms with Crippen LogP contribution in [0.2, 0.25) is 0 Å². The first-order valence-corrected chi connectivity index (χ1v) is 8.17. The Morgan fingerprint density at radius 1 is 1.41 bits per heavy atom. The maximum absolute atomic E-state index is 13.0. The van der Waals surface area contributed by atoms with Gasteiger partial charge < -0.3 is 4.42 Å². The molecule has 22 heavy (non-hydrogen) atoms. The van der Waals surface area contributed by atoms with Gasteiger partial charge in [0.05, 0.1) is 12.2 Å². The molecule has 1 aromatic rings. The highest BCUT2D eigenvalue weighted by molar-refractivity contribution is 6.13. The average Bonchev–Trinajstić information content (AvgIpc) is 2.83. The molecule has 0 saturated heterocycles. The summed E-state index contributed by atoms with van der Waals surface area (Å²) in [7, 11) is 0. The first-order valence-electron chi connectivity index (χ1n) is 8.17. The highest BCUT2D eigenvalue weighted by Crippen LogP contribution is 2.57. The number of carbonyl (C=O) groups excluding carboxylic acids is 2. The number of ketones is 2. The van der Waals surface area contributed by atoms with E-state index in [-0.39, 0.29) is 23.4 Å². The fourth-order valence-corrected chi connectivity index (χ4v) is 4.22. The van der Waals surface area contributed by atoms with Gasteiger partial charge in [-0.15, -0.1) is 0 Å². The summed E-state index contributed by atoms with van der Waals surface area (Å²) >= 11 is 0. The van der Waals surface area contributed by atoms with Crippen LogP contribution in [0.3, 0.4) is 0 Å². The van der Waals surface area contributed by atoms with Crippen molar-refractivity contribution in [2.75, 3.05) is 0 Å². The van der Waals surface area contributed by atoms with E-state index >= 15 is 0 Å². The zero-order valence-corrected chi connectivity index (χ0v) is 14.0. The zero-order chi connectivity index (χ0) is 16.2. The average molecular weight is 300 g/mol. The van der Waals surface area contributed by atoms with Gasteiger partial charge in [0.2, 0.25) is 5.78 Å². The number of allylic oxidation sites excluding steroid dienone is 2. The normalized spacial score (nSPS) is 30.8. The fraction of sp³-hybridized carbons (Fsp3) is 0.579. The Morgan fingerprint density at radius 2 is 2.09 bits per heavy atom. The topological polar surface area (TPSA) is 47.3 Å². The minimum absolute atomic E-state index is 0.0232. The molecule has 0 fully saturated rings. The predicted molar refractivity (Wildman–Crippen MR) is 84.9 cm³/mol. The summed E-state index contributed by atoms with van der Waals surface area (Å²) in [6.45, 7) is 10.1. The van der Waals surface area contributed by atoms with Crippen molar-refractivity contribution in [3.05, 3.63) is 34.8 Å². The lowest BCUT2D eigenvalue weighted by Crippen LogP contribution is -2.47. The van der Waals surface area contributed by atoms with Gasteiger partial charge in [0.15, 0.2) is 5.76 Å². The Kier molecular flexibility index (Phi) is 3.42. The quantitative estimate of drug-likeness (QED) is 0.810. The molecule has 0 N–H and O–H groups in total. The molecule has 0 radical (unpaired) electrons. The predicted octanol–water partition coefficient (Wildman–Crippen LogP) is 4.46. The van der Waals surface area contributed by atoms with Crippen molar-refractivity contribution in [3.8, 4) is 0 Å². The van der Waals surface area contributed by atoms with E-state index in [9.17, 15) is 9.59 Å². The Balaban J connectivity index is 2.31. The molecular formula is C19H24O3. The van der Waals surface area contributed by atoms with Gasteiger partial charge in [0.1, 0.15) is 5.78 Å². The van der Waals surface area contributed by atoms with Crippen molar-refractivity contribution in [1.82, 2.24) is 0 Å². The van der Waals surface area contributed by atoms with E-state index in [0.717, 1.165) is 29.5 Å². The summed E-state index contributed by atoms with van der Waals surface area (Å²) in [4.78, 5) is 25.9. The van der Waals surface area contributed by atoms with Crippen LogP contribution in [-0.4, -0.2) is 11.6 Å². The lowest BCUT2D eigenvalue weighted by molar-refractivity contribution is -0.126. The van der Waals surface area contributed by atoms with Crippen LogP contribution in [0.15, 0.2) is 22.3 Å². The number of fused-ring (bicyclic) bond motifs is 2. The van der Waals surface area contributed by atoms with Crippen LogP contribution in [0.1, 0.15) is 68.1 Å². The van der Waals surface area contributed by atoms with Crippen molar-refractivity contribution in [3.63, 3.8) is 0 Å². The third-order valence-electron chi connectivity index (χ3n) is 5.77. The van der Waals surface area contributed by atoms with Crippen LogP contribution in [0.25, 0.3) is 0 Å². The maximum Gasteiger partial charge on any atom is 0.224 e. The Labute approximate surface area is 131 Å². The van der Waals surface area contributed by atoms with Crippen molar-refractivity contribution in [2.24, 2.45) is 17.3 Å². The first kappa shape index (κ1) is 15.3. The molecule has 3 heteroatoms. The number of rotatable bonds is 2. The molecule has 0 amide bonds. The second-order valence-electron chi connectivity index (χ2n) is 7.36. The molecule has 3 atom stereocenters. The lowest BCUT2D eigenvalue weighted by atomic mass is 9.53. The van der Waals surface area contributed by atoms with Crippen molar-refractivity contribution in [1.29, 1.82) is 0 Å². The number of aryl methyl sites for hydroxylation is 1. The fourth-order valence-electron chi connectivity index (χ4n) is 4.22. The highest BCUT2D eigenvalue weighted by atomic mass is 16.3. The van der Waals surface area contributed by atoms with Gasteiger partial charge in [-0.25, -0.2) is 0 Å². The molecule has 0 saturated carbocycles. The van der Waals surface area contributed by atoms with Gasteiger partial charge in [-0.3, -0.25) is 9.59 Å². The molecule has 1 aromatic heterocycles. The number of carbonyl (C=O) groups is 2. The summed E-state index contributed by atoms with van der Waals surface area (Å²) in [5.74, 6) is 0.527. The van der Waals surface area contributed by atoms with Gasteiger partial charge in [-0.1, -0.05) is 33.8 Å². The van der Waals surface area contributed by atoms with Crippen molar-refractivity contribution < 1.29 is 14.0 Å². The molecule has 118 valence electrons. The molecular weight excluding hydrogens is 276 g/mol. The molecule has 3 nitrogen and oxygen atoms in total. The van der Waals surface area contributed by atoms with Crippen molar-refractivity contribution >= 4 is 11.6 Å². The standard InChI is InChI=1S/C19H24O3/c1-10(2)16(20)15-14-11(3)9-22-18(14)17(21)13-8-6-7-12(4)19(13,15)5/h8-10,12,15H,6-7H2,1-5H3/t12-,15-,19+/m0/s1. The van der Waals surface area contributed by atoms with Crippen LogP contribution in [0, 0.1) is 24.2 Å². The minimum Gasteiger partial charge on any atom is -0.460 e. The summed E-state index contributed by atoms with van der Waals surface area (Å²) < 4.78 is 5.55. The molecule has 2 aliphatic carbocycles. The smallest absolute Gasteiger partial charge is 0.224 e. The molecule has 0 spiro atoms. The molecule has 0 bridgehead atoms. The van der Waals surface area contributed by atoms with Gasteiger partial charge in [0, 0.05) is 22.5 Å². The Morgan fingerprint density at radius 3 is 2.73 bits per heavy atom. The minimum atomic E-state index is -0.418. The molecule has 0 aliphatic heterocycles. The van der Waals surface area contributed by atoms with E-state index in [1.165, 1.54) is 0 Å². The summed E-state index contributed by atoms with van der Waals surface area (Å²) in [6, 6.07) is 0. The van der Waals surface area contributed by atoms with Crippen LogP contribution >= 0.6 is 0 Å². The van der Waals surface area contributed by atoms with Crippen LogP contribution in [0.5, 0.6) is 0 Å². The highest BCUT2D eigenvalue weighted by Gasteiger charge is 2.55. The molecule has 3 rings (SSSR count). The van der Waals surface area contributed by atoms with Crippen molar-refractivity contribution in [2.45, 2.75) is 53.4 Å². The van der Waals surface area contributed by atoms with Crippen LogP contribution in [0.4, 0.5) is 0 Å². The van der Waals surface area contributed by atoms with E-state index in [1.54, 1.807) is 6.26 Å². The molecule has 2 aliphatic rings. The van der Waals surface area contributed by atoms with E-state index in [2.05, 4.69) is 13.8 Å². The van der Waals surface area contributed by atoms with Crippen LogP contribution in [-0.2, 0) is 4.79 Å². The van der Waals surface area contributed by atoms with Gasteiger partial charge >= 0.3 is 0 Å². The van der Waals surface area contributed by atoms with E-state index < -0.39 is 5.41 Å². The van der Waals surface area contributed by atoms with Crippen LogP contribution < -0.4 is 0 Å². The number of furan rings is 1. The van der Waals surface area contributed by atoms with E-state index in [1.807, 2.05) is 26.8 Å². The third-order valence-corrected chi connectivity index (χ3v) is 5.77. The lowest BCUT2D eigenvalue weighted by Gasteiger charge is -2.48.